The van der Waals surface area contributed by atoms with E-state index in [0.717, 1.165) is 11.1 Å². The standard InChI is InChI=1S/C20H19N3O5S/c1-4-28-18(24)11-22-16-10-15(23(26)27)7-8-17(16)29-20(22)21-19(25)14-6-5-12(2)13(3)9-14/h5-10H,4,11H2,1-3H3. The van der Waals surface area contributed by atoms with E-state index in [-0.39, 0.29) is 23.6 Å². The SMILES string of the molecule is CCOC(=O)Cn1c(=NC(=O)c2ccc(C)c(C)c2)sc2ccc([N+](=O)[O-])cc21. The number of amides is 1. The molecule has 8 nitrogen and oxygen atoms in total. The van der Waals surface area contributed by atoms with Crippen LogP contribution in [0.4, 0.5) is 5.69 Å². The molecule has 0 aliphatic carbocycles. The van der Waals surface area contributed by atoms with Crippen molar-refractivity contribution in [2.24, 2.45) is 4.99 Å². The summed E-state index contributed by atoms with van der Waals surface area (Å²) in [6, 6.07) is 9.63. The van der Waals surface area contributed by atoms with Gasteiger partial charge in [0.15, 0.2) is 4.80 Å². The predicted octanol–water partition coefficient (Wildman–Crippen LogP) is 3.53. The van der Waals surface area contributed by atoms with Crippen LogP contribution >= 0.6 is 11.3 Å². The lowest BCUT2D eigenvalue weighted by molar-refractivity contribution is -0.384. The molecule has 0 fully saturated rings. The molecule has 3 rings (SSSR count). The summed E-state index contributed by atoms with van der Waals surface area (Å²) in [4.78, 5) is 39.9. The lowest BCUT2D eigenvalue weighted by Gasteiger charge is -2.05. The van der Waals surface area contributed by atoms with Gasteiger partial charge in [0.1, 0.15) is 6.54 Å². The van der Waals surface area contributed by atoms with Gasteiger partial charge in [-0.2, -0.15) is 4.99 Å². The van der Waals surface area contributed by atoms with E-state index in [1.807, 2.05) is 19.9 Å². The van der Waals surface area contributed by atoms with Crippen molar-refractivity contribution < 1.29 is 19.2 Å². The van der Waals surface area contributed by atoms with E-state index >= 15 is 0 Å². The number of non-ortho nitro benzene ring substituents is 1. The van der Waals surface area contributed by atoms with Crippen molar-refractivity contribution in [3.63, 3.8) is 0 Å². The molecule has 0 saturated carbocycles. The zero-order valence-electron chi connectivity index (χ0n) is 16.2. The molecule has 0 saturated heterocycles. The van der Waals surface area contributed by atoms with Gasteiger partial charge in [-0.25, -0.2) is 0 Å². The molecule has 2 aromatic carbocycles. The van der Waals surface area contributed by atoms with Gasteiger partial charge in [0.05, 0.1) is 21.7 Å². The van der Waals surface area contributed by atoms with Crippen molar-refractivity contribution in [3.05, 3.63) is 68.0 Å². The third-order valence-electron chi connectivity index (χ3n) is 4.42. The van der Waals surface area contributed by atoms with Gasteiger partial charge in [-0.1, -0.05) is 17.4 Å². The van der Waals surface area contributed by atoms with Crippen LogP contribution < -0.4 is 4.80 Å². The minimum absolute atomic E-state index is 0.111. The number of hydrogen-bond donors (Lipinski definition) is 0. The minimum atomic E-state index is -0.515. The lowest BCUT2D eigenvalue weighted by atomic mass is 10.1. The molecule has 0 atom stereocenters. The number of fused-ring (bicyclic) bond motifs is 1. The van der Waals surface area contributed by atoms with Crippen LogP contribution in [0.1, 0.15) is 28.4 Å². The lowest BCUT2D eigenvalue weighted by Crippen LogP contribution is -2.23. The number of carbonyl (C=O) groups excluding carboxylic acids is 2. The quantitative estimate of drug-likeness (QED) is 0.362. The summed E-state index contributed by atoms with van der Waals surface area (Å²) < 4.78 is 7.15. The van der Waals surface area contributed by atoms with Crippen LogP contribution in [0.5, 0.6) is 0 Å². The van der Waals surface area contributed by atoms with Crippen molar-refractivity contribution in [1.29, 1.82) is 0 Å². The van der Waals surface area contributed by atoms with Crippen LogP contribution in [-0.4, -0.2) is 28.0 Å². The van der Waals surface area contributed by atoms with Crippen molar-refractivity contribution in [1.82, 2.24) is 4.57 Å². The van der Waals surface area contributed by atoms with Crippen LogP contribution in [0.3, 0.4) is 0 Å². The van der Waals surface area contributed by atoms with E-state index in [9.17, 15) is 19.7 Å². The van der Waals surface area contributed by atoms with Gasteiger partial charge in [0.25, 0.3) is 11.6 Å². The third kappa shape index (κ3) is 4.40. The first-order valence-electron chi connectivity index (χ1n) is 8.90. The summed E-state index contributed by atoms with van der Waals surface area (Å²) in [7, 11) is 0. The number of nitro groups is 1. The van der Waals surface area contributed by atoms with Gasteiger partial charge in [0, 0.05) is 17.7 Å². The number of rotatable bonds is 5. The zero-order valence-corrected chi connectivity index (χ0v) is 17.0. The smallest absolute Gasteiger partial charge is 0.326 e. The first-order valence-corrected chi connectivity index (χ1v) is 9.71. The number of aryl methyl sites for hydroxylation is 2. The maximum absolute atomic E-state index is 12.7. The number of aromatic nitrogens is 1. The second-order valence-electron chi connectivity index (χ2n) is 6.40. The topological polar surface area (TPSA) is 104 Å². The van der Waals surface area contributed by atoms with Crippen LogP contribution in [0.25, 0.3) is 10.2 Å². The molecule has 0 aliphatic rings. The molecular weight excluding hydrogens is 394 g/mol. The zero-order chi connectivity index (χ0) is 21.1. The van der Waals surface area contributed by atoms with Gasteiger partial charge in [-0.15, -0.1) is 0 Å². The third-order valence-corrected chi connectivity index (χ3v) is 5.48. The number of carbonyl (C=O) groups is 2. The molecule has 1 aromatic heterocycles. The molecule has 0 N–H and O–H groups in total. The first kappa shape index (κ1) is 20.4. The highest BCUT2D eigenvalue weighted by molar-refractivity contribution is 7.16. The Balaban J connectivity index is 2.15. The summed E-state index contributed by atoms with van der Waals surface area (Å²) in [5.74, 6) is -0.967. The van der Waals surface area contributed by atoms with Gasteiger partial charge in [-0.05, 0) is 50.1 Å². The summed E-state index contributed by atoms with van der Waals surface area (Å²) in [5, 5.41) is 11.1. The molecule has 0 unspecified atom stereocenters. The Kier molecular flexibility index (Phi) is 5.88. The predicted molar refractivity (Wildman–Crippen MR) is 109 cm³/mol. The number of nitro benzene ring substituents is 1. The Labute approximate surface area is 170 Å². The molecule has 3 aromatic rings. The van der Waals surface area contributed by atoms with E-state index in [2.05, 4.69) is 4.99 Å². The number of thiazole rings is 1. The van der Waals surface area contributed by atoms with Crippen molar-refractivity contribution >= 4 is 39.1 Å². The molecule has 150 valence electrons. The molecule has 0 radical (unpaired) electrons. The Morgan fingerprint density at radius 3 is 2.59 bits per heavy atom. The Bertz CT molecular complexity index is 1190. The van der Waals surface area contributed by atoms with Crippen molar-refractivity contribution in [2.45, 2.75) is 27.3 Å². The molecule has 1 heterocycles. The van der Waals surface area contributed by atoms with Gasteiger partial charge < -0.3 is 9.30 Å². The van der Waals surface area contributed by atoms with Crippen LogP contribution in [0.2, 0.25) is 0 Å². The molecule has 0 aliphatic heterocycles. The second-order valence-corrected chi connectivity index (χ2v) is 7.41. The number of benzene rings is 2. The molecule has 9 heteroatoms. The summed E-state index contributed by atoms with van der Waals surface area (Å²) in [6.07, 6.45) is 0. The summed E-state index contributed by atoms with van der Waals surface area (Å²) in [5.41, 5.74) is 2.80. The van der Waals surface area contributed by atoms with Gasteiger partial charge >= 0.3 is 5.97 Å². The monoisotopic (exact) mass is 413 g/mol. The Hall–Kier alpha value is -3.33. The average molecular weight is 413 g/mol. The molecule has 29 heavy (non-hydrogen) atoms. The van der Waals surface area contributed by atoms with Crippen LogP contribution in [-0.2, 0) is 16.1 Å². The Morgan fingerprint density at radius 1 is 1.17 bits per heavy atom. The molecule has 1 amide bonds. The first-order chi connectivity index (χ1) is 13.8. The fourth-order valence-electron chi connectivity index (χ4n) is 2.77. The number of esters is 1. The molecule has 0 bridgehead atoms. The van der Waals surface area contributed by atoms with E-state index in [0.29, 0.717) is 15.8 Å². The average Bonchev–Trinajstić information content (AvgIpc) is 3.00. The van der Waals surface area contributed by atoms with E-state index in [4.69, 9.17) is 4.74 Å². The second kappa shape index (κ2) is 8.36. The number of nitrogens with zero attached hydrogens (tertiary/aromatic N) is 3. The minimum Gasteiger partial charge on any atom is -0.465 e. The molecular formula is C20H19N3O5S. The highest BCUT2D eigenvalue weighted by Gasteiger charge is 2.16. The van der Waals surface area contributed by atoms with E-state index < -0.39 is 16.8 Å². The number of ether oxygens (including phenoxy) is 1. The highest BCUT2D eigenvalue weighted by Crippen LogP contribution is 2.23. The highest BCUT2D eigenvalue weighted by atomic mass is 32.1. The Morgan fingerprint density at radius 2 is 1.93 bits per heavy atom. The summed E-state index contributed by atoms with van der Waals surface area (Å²) in [6.45, 7) is 5.55. The van der Waals surface area contributed by atoms with Crippen LogP contribution in [0.15, 0.2) is 41.4 Å². The fraction of sp³-hybridized carbons (Fsp3) is 0.250. The van der Waals surface area contributed by atoms with Crippen molar-refractivity contribution in [3.8, 4) is 0 Å². The normalized spacial score (nSPS) is 11.6. The van der Waals surface area contributed by atoms with Gasteiger partial charge in [-0.3, -0.25) is 19.7 Å². The summed E-state index contributed by atoms with van der Waals surface area (Å²) >= 11 is 1.18. The van der Waals surface area contributed by atoms with E-state index in [1.54, 1.807) is 25.1 Å². The van der Waals surface area contributed by atoms with Gasteiger partial charge in [0.2, 0.25) is 0 Å². The van der Waals surface area contributed by atoms with Crippen LogP contribution in [0, 0.1) is 24.0 Å². The largest absolute Gasteiger partial charge is 0.465 e. The molecule has 0 spiro atoms. The van der Waals surface area contributed by atoms with E-state index in [1.165, 1.54) is 28.0 Å². The maximum atomic E-state index is 12.7. The number of hydrogen-bond acceptors (Lipinski definition) is 6. The fourth-order valence-corrected chi connectivity index (χ4v) is 3.78. The van der Waals surface area contributed by atoms with Crippen molar-refractivity contribution in [2.75, 3.05) is 6.61 Å². The maximum Gasteiger partial charge on any atom is 0.326 e.